The van der Waals surface area contributed by atoms with Crippen LogP contribution in [0.3, 0.4) is 0 Å². The van der Waals surface area contributed by atoms with Crippen LogP contribution in [0.4, 0.5) is 8.78 Å². The molecule has 3 nitrogen and oxygen atoms in total. The van der Waals surface area contributed by atoms with Gasteiger partial charge in [-0.2, -0.15) is 0 Å². The Balaban J connectivity index is 3.51. The molecule has 1 aromatic rings. The van der Waals surface area contributed by atoms with E-state index in [9.17, 15) is 13.6 Å². The van der Waals surface area contributed by atoms with Gasteiger partial charge < -0.3 is 9.84 Å². The van der Waals surface area contributed by atoms with Crippen molar-refractivity contribution in [3.63, 3.8) is 0 Å². The summed E-state index contributed by atoms with van der Waals surface area (Å²) in [6.45, 7) is 0. The van der Waals surface area contributed by atoms with Crippen molar-refractivity contribution in [3.05, 3.63) is 28.3 Å². The SMILES string of the molecule is COc1c(C(=O)O)cc(F)c(Cl)c1F. The number of carbonyl (C=O) groups is 1. The van der Waals surface area contributed by atoms with Gasteiger partial charge in [-0.05, 0) is 6.07 Å². The smallest absolute Gasteiger partial charge is 0.339 e. The minimum absolute atomic E-state index is 0.580. The van der Waals surface area contributed by atoms with E-state index in [1.54, 1.807) is 0 Å². The van der Waals surface area contributed by atoms with E-state index in [1.807, 2.05) is 0 Å². The molecule has 1 rings (SSSR count). The first kappa shape index (κ1) is 10.7. The van der Waals surface area contributed by atoms with Crippen molar-refractivity contribution in [1.82, 2.24) is 0 Å². The maximum Gasteiger partial charge on any atom is 0.339 e. The first-order valence-corrected chi connectivity index (χ1v) is 3.81. The number of carboxylic acids is 1. The average molecular weight is 223 g/mol. The van der Waals surface area contributed by atoms with E-state index in [-0.39, 0.29) is 0 Å². The normalized spacial score (nSPS) is 10.0. The molecule has 14 heavy (non-hydrogen) atoms. The summed E-state index contributed by atoms with van der Waals surface area (Å²) in [7, 11) is 1.07. The minimum atomic E-state index is -1.49. The second-order valence-corrected chi connectivity index (χ2v) is 2.75. The van der Waals surface area contributed by atoms with Crippen molar-refractivity contribution in [2.45, 2.75) is 0 Å². The van der Waals surface area contributed by atoms with E-state index < -0.39 is 33.9 Å². The third-order valence-electron chi connectivity index (χ3n) is 1.55. The minimum Gasteiger partial charge on any atom is -0.493 e. The van der Waals surface area contributed by atoms with Gasteiger partial charge >= 0.3 is 5.97 Å². The van der Waals surface area contributed by atoms with Crippen LogP contribution in [0, 0.1) is 11.6 Å². The molecule has 1 aromatic carbocycles. The molecule has 0 spiro atoms. The molecule has 0 saturated carbocycles. The van der Waals surface area contributed by atoms with Crippen molar-refractivity contribution >= 4 is 17.6 Å². The van der Waals surface area contributed by atoms with Gasteiger partial charge in [-0.15, -0.1) is 0 Å². The van der Waals surface area contributed by atoms with Crippen molar-refractivity contribution < 1.29 is 23.4 Å². The lowest BCUT2D eigenvalue weighted by Gasteiger charge is -2.07. The number of rotatable bonds is 2. The monoisotopic (exact) mass is 222 g/mol. The van der Waals surface area contributed by atoms with E-state index in [4.69, 9.17) is 16.7 Å². The average Bonchev–Trinajstić information content (AvgIpc) is 2.13. The van der Waals surface area contributed by atoms with Gasteiger partial charge in [0.15, 0.2) is 11.6 Å². The Morgan fingerprint density at radius 2 is 2.14 bits per heavy atom. The zero-order valence-corrected chi connectivity index (χ0v) is 7.73. The fourth-order valence-corrected chi connectivity index (χ4v) is 1.08. The van der Waals surface area contributed by atoms with Crippen LogP contribution >= 0.6 is 11.6 Å². The van der Waals surface area contributed by atoms with Crippen molar-refractivity contribution in [2.24, 2.45) is 0 Å². The van der Waals surface area contributed by atoms with Gasteiger partial charge in [0, 0.05) is 0 Å². The predicted molar refractivity (Wildman–Crippen MR) is 44.9 cm³/mol. The Morgan fingerprint density at radius 3 is 2.57 bits per heavy atom. The number of hydrogen-bond acceptors (Lipinski definition) is 2. The van der Waals surface area contributed by atoms with E-state index >= 15 is 0 Å². The maximum absolute atomic E-state index is 13.1. The van der Waals surface area contributed by atoms with E-state index in [0.717, 1.165) is 7.11 Å². The first-order chi connectivity index (χ1) is 6.49. The number of hydrogen-bond donors (Lipinski definition) is 1. The summed E-state index contributed by atoms with van der Waals surface area (Å²) in [6, 6.07) is 0.604. The maximum atomic E-state index is 13.1. The molecular weight excluding hydrogens is 218 g/mol. The summed E-state index contributed by atoms with van der Waals surface area (Å²) in [4.78, 5) is 10.5. The fourth-order valence-electron chi connectivity index (χ4n) is 0.937. The highest BCUT2D eigenvalue weighted by molar-refractivity contribution is 6.31. The molecule has 0 unspecified atom stereocenters. The Bertz CT molecular complexity index is 393. The molecule has 76 valence electrons. The van der Waals surface area contributed by atoms with Gasteiger partial charge in [0.1, 0.15) is 16.4 Å². The largest absolute Gasteiger partial charge is 0.493 e. The Kier molecular flexibility index (Phi) is 2.90. The molecule has 0 aromatic heterocycles. The number of methoxy groups -OCH3 is 1. The summed E-state index contributed by atoms with van der Waals surface area (Å²) >= 11 is 5.22. The van der Waals surface area contributed by atoms with Crippen LogP contribution in [-0.4, -0.2) is 18.2 Å². The molecule has 0 bridgehead atoms. The third kappa shape index (κ3) is 1.63. The Morgan fingerprint density at radius 1 is 1.57 bits per heavy atom. The third-order valence-corrected chi connectivity index (χ3v) is 1.90. The summed E-state index contributed by atoms with van der Waals surface area (Å²) in [6.07, 6.45) is 0. The molecule has 0 saturated heterocycles. The predicted octanol–water partition coefficient (Wildman–Crippen LogP) is 2.33. The summed E-state index contributed by atoms with van der Waals surface area (Å²) in [5.74, 6) is -4.42. The zero-order valence-electron chi connectivity index (χ0n) is 6.97. The Hall–Kier alpha value is -1.36. The standard InChI is InChI=1S/C8H5ClF2O3/c1-14-7-3(8(12)13)2-4(10)5(9)6(7)11/h2H,1H3,(H,12,13). The summed E-state index contributed by atoms with van der Waals surface area (Å²) in [5.41, 5.74) is -0.605. The number of aromatic carboxylic acids is 1. The zero-order chi connectivity index (χ0) is 10.9. The van der Waals surface area contributed by atoms with Crippen LogP contribution in [0.2, 0.25) is 5.02 Å². The van der Waals surface area contributed by atoms with Gasteiger partial charge in [-0.25, -0.2) is 13.6 Å². The molecule has 0 amide bonds. The van der Waals surface area contributed by atoms with E-state index in [1.165, 1.54) is 0 Å². The highest BCUT2D eigenvalue weighted by Crippen LogP contribution is 2.31. The lowest BCUT2D eigenvalue weighted by molar-refractivity contribution is 0.0691. The first-order valence-electron chi connectivity index (χ1n) is 3.43. The van der Waals surface area contributed by atoms with Gasteiger partial charge in [0.05, 0.1) is 7.11 Å². The molecule has 0 aliphatic rings. The molecule has 0 aliphatic carbocycles. The molecule has 0 atom stereocenters. The van der Waals surface area contributed by atoms with Crippen LogP contribution in [0.15, 0.2) is 6.07 Å². The van der Waals surface area contributed by atoms with E-state index in [2.05, 4.69) is 4.74 Å². The summed E-state index contributed by atoms with van der Waals surface area (Å²) < 4.78 is 30.4. The van der Waals surface area contributed by atoms with Crippen LogP contribution in [0.5, 0.6) is 5.75 Å². The number of benzene rings is 1. The molecule has 6 heteroatoms. The number of carboxylic acid groups (broad SMARTS) is 1. The number of halogens is 3. The lowest BCUT2D eigenvalue weighted by atomic mass is 10.2. The van der Waals surface area contributed by atoms with Crippen molar-refractivity contribution in [1.29, 1.82) is 0 Å². The second-order valence-electron chi connectivity index (χ2n) is 2.37. The quantitative estimate of drug-likeness (QED) is 0.782. The highest BCUT2D eigenvalue weighted by Gasteiger charge is 2.21. The van der Waals surface area contributed by atoms with Gasteiger partial charge in [0.2, 0.25) is 0 Å². The summed E-state index contributed by atoms with van der Waals surface area (Å²) in [5, 5.41) is 7.79. The molecular formula is C8H5ClF2O3. The van der Waals surface area contributed by atoms with Crippen molar-refractivity contribution in [2.75, 3.05) is 7.11 Å². The van der Waals surface area contributed by atoms with Gasteiger partial charge in [-0.1, -0.05) is 11.6 Å². The lowest BCUT2D eigenvalue weighted by Crippen LogP contribution is -2.04. The van der Waals surface area contributed by atoms with Gasteiger partial charge in [-0.3, -0.25) is 0 Å². The fraction of sp³-hybridized carbons (Fsp3) is 0.125. The van der Waals surface area contributed by atoms with Crippen molar-refractivity contribution in [3.8, 4) is 5.75 Å². The molecule has 0 aliphatic heterocycles. The topological polar surface area (TPSA) is 46.5 Å². The van der Waals surface area contributed by atoms with Crippen LogP contribution in [-0.2, 0) is 0 Å². The van der Waals surface area contributed by atoms with Gasteiger partial charge in [0.25, 0.3) is 0 Å². The molecule has 0 fully saturated rings. The van der Waals surface area contributed by atoms with E-state index in [0.29, 0.717) is 6.07 Å². The molecule has 0 heterocycles. The number of ether oxygens (including phenoxy) is 1. The second kappa shape index (κ2) is 3.79. The highest BCUT2D eigenvalue weighted by atomic mass is 35.5. The van der Waals surface area contributed by atoms with Crippen LogP contribution < -0.4 is 4.74 Å². The van der Waals surface area contributed by atoms with Crippen LogP contribution in [0.25, 0.3) is 0 Å². The molecule has 0 radical (unpaired) electrons. The molecule has 1 N–H and O–H groups in total. The Labute approximate surface area is 82.9 Å². The van der Waals surface area contributed by atoms with Crippen LogP contribution in [0.1, 0.15) is 10.4 Å².